The first-order valence-corrected chi connectivity index (χ1v) is 9.59. The summed E-state index contributed by atoms with van der Waals surface area (Å²) in [5.41, 5.74) is 0.581. The van der Waals surface area contributed by atoms with E-state index in [2.05, 4.69) is 10.3 Å². The molecule has 0 unspecified atom stereocenters. The molecule has 0 saturated carbocycles. The lowest BCUT2D eigenvalue weighted by Gasteiger charge is -2.10. The average Bonchev–Trinajstić information content (AvgIpc) is 2.93. The minimum absolute atomic E-state index is 0.0187. The van der Waals surface area contributed by atoms with Crippen molar-refractivity contribution >= 4 is 44.1 Å². The number of nitrogens with one attached hydrogen (secondary N) is 2. The molecule has 0 fully saturated rings. The molecule has 0 saturated heterocycles. The number of halogens is 1. The van der Waals surface area contributed by atoms with Gasteiger partial charge in [-0.15, -0.1) is 0 Å². The number of carbonyl (C=O) groups excluding carboxylic acids is 1. The Kier molecular flexibility index (Phi) is 4.58. The highest BCUT2D eigenvalue weighted by Gasteiger charge is 2.27. The number of aromatic nitrogens is 1. The molecule has 3 aromatic rings. The van der Waals surface area contributed by atoms with E-state index in [9.17, 15) is 13.2 Å². The molecule has 0 aliphatic carbocycles. The summed E-state index contributed by atoms with van der Waals surface area (Å²) in [4.78, 5) is 15.3. The van der Waals surface area contributed by atoms with Crippen molar-refractivity contribution < 1.29 is 13.2 Å². The summed E-state index contributed by atoms with van der Waals surface area (Å²) in [5, 5.41) is 3.53. The van der Waals surface area contributed by atoms with E-state index in [4.69, 9.17) is 11.6 Å². The monoisotopic (exact) mass is 376 g/mol. The summed E-state index contributed by atoms with van der Waals surface area (Å²) in [6, 6.07) is 13.0. The Morgan fingerprint density at radius 3 is 2.44 bits per heavy atom. The molecule has 5 nitrogen and oxygen atoms in total. The molecule has 0 bridgehead atoms. The highest BCUT2D eigenvalue weighted by atomic mass is 35.5. The molecule has 2 N–H and O–H groups in total. The van der Waals surface area contributed by atoms with Crippen molar-refractivity contribution in [2.75, 3.05) is 5.32 Å². The SMILES string of the molecule is CC(C)C(=O)Nc1[nH]c2ccc(Cl)cc2c1S(=O)(=O)c1ccccc1. The molecule has 0 aliphatic rings. The summed E-state index contributed by atoms with van der Waals surface area (Å²) in [6.45, 7) is 3.47. The molecule has 1 aromatic heterocycles. The van der Waals surface area contributed by atoms with Gasteiger partial charge < -0.3 is 10.3 Å². The minimum atomic E-state index is -3.85. The number of carbonyl (C=O) groups is 1. The Balaban J connectivity index is 2.27. The van der Waals surface area contributed by atoms with Crippen LogP contribution in [0.4, 0.5) is 5.82 Å². The summed E-state index contributed by atoms with van der Waals surface area (Å²) in [6.07, 6.45) is 0. The zero-order valence-electron chi connectivity index (χ0n) is 13.7. The fourth-order valence-electron chi connectivity index (χ4n) is 2.49. The molecule has 25 heavy (non-hydrogen) atoms. The second-order valence-electron chi connectivity index (χ2n) is 5.98. The van der Waals surface area contributed by atoms with E-state index in [1.807, 2.05) is 0 Å². The standard InChI is InChI=1S/C18H17ClN2O3S/c1-11(2)18(22)21-17-16(14-10-12(19)8-9-15(14)20-17)25(23,24)13-6-4-3-5-7-13/h3-11,20H,1-2H3,(H,21,22). The number of anilines is 1. The lowest BCUT2D eigenvalue weighted by molar-refractivity contribution is -0.118. The van der Waals surface area contributed by atoms with E-state index in [1.54, 1.807) is 50.2 Å². The molecule has 0 spiro atoms. The summed E-state index contributed by atoms with van der Waals surface area (Å²) in [5.74, 6) is -0.413. The highest BCUT2D eigenvalue weighted by Crippen LogP contribution is 2.36. The fourth-order valence-corrected chi connectivity index (χ4v) is 4.24. The van der Waals surface area contributed by atoms with Crippen molar-refractivity contribution in [1.29, 1.82) is 0 Å². The molecule has 0 radical (unpaired) electrons. The van der Waals surface area contributed by atoms with Gasteiger partial charge >= 0.3 is 0 Å². The van der Waals surface area contributed by atoms with Crippen LogP contribution in [0.3, 0.4) is 0 Å². The Hall–Kier alpha value is -2.31. The summed E-state index contributed by atoms with van der Waals surface area (Å²) < 4.78 is 26.4. The van der Waals surface area contributed by atoms with Crippen LogP contribution in [0.1, 0.15) is 13.8 Å². The van der Waals surface area contributed by atoms with Crippen LogP contribution in [-0.2, 0) is 14.6 Å². The van der Waals surface area contributed by atoms with E-state index >= 15 is 0 Å². The van der Waals surface area contributed by atoms with Crippen LogP contribution >= 0.6 is 11.6 Å². The normalized spacial score (nSPS) is 11.8. The molecular weight excluding hydrogens is 360 g/mol. The Morgan fingerprint density at radius 2 is 1.80 bits per heavy atom. The van der Waals surface area contributed by atoms with Gasteiger partial charge in [-0.05, 0) is 30.3 Å². The zero-order chi connectivity index (χ0) is 18.2. The minimum Gasteiger partial charge on any atom is -0.340 e. The van der Waals surface area contributed by atoms with E-state index in [0.29, 0.717) is 15.9 Å². The van der Waals surface area contributed by atoms with Gasteiger partial charge in [-0.2, -0.15) is 0 Å². The van der Waals surface area contributed by atoms with Crippen LogP contribution in [0.25, 0.3) is 10.9 Å². The van der Waals surface area contributed by atoms with Gasteiger partial charge in [0.05, 0.1) is 4.90 Å². The maximum atomic E-state index is 13.2. The van der Waals surface area contributed by atoms with Crippen molar-refractivity contribution in [3.8, 4) is 0 Å². The van der Waals surface area contributed by atoms with Crippen molar-refractivity contribution in [2.45, 2.75) is 23.6 Å². The fraction of sp³-hybridized carbons (Fsp3) is 0.167. The van der Waals surface area contributed by atoms with Crippen LogP contribution in [0.15, 0.2) is 58.3 Å². The first-order chi connectivity index (χ1) is 11.8. The van der Waals surface area contributed by atoms with Gasteiger partial charge in [-0.1, -0.05) is 43.6 Å². The number of hydrogen-bond donors (Lipinski definition) is 2. The van der Waals surface area contributed by atoms with E-state index in [0.717, 1.165) is 0 Å². The highest BCUT2D eigenvalue weighted by molar-refractivity contribution is 7.92. The third kappa shape index (κ3) is 3.27. The summed E-state index contributed by atoms with van der Waals surface area (Å²) in [7, 11) is -3.85. The van der Waals surface area contributed by atoms with E-state index in [-0.39, 0.29) is 27.4 Å². The van der Waals surface area contributed by atoms with Gasteiger partial charge in [0.25, 0.3) is 0 Å². The predicted molar refractivity (Wildman–Crippen MR) is 98.7 cm³/mol. The molecule has 1 heterocycles. The summed E-state index contributed by atoms with van der Waals surface area (Å²) >= 11 is 6.06. The molecule has 0 aliphatic heterocycles. The topological polar surface area (TPSA) is 79.0 Å². The first-order valence-electron chi connectivity index (χ1n) is 7.73. The molecule has 7 heteroatoms. The van der Waals surface area contributed by atoms with Crippen LogP contribution in [0, 0.1) is 5.92 Å². The molecular formula is C18H17ClN2O3S. The van der Waals surface area contributed by atoms with Crippen molar-refractivity contribution in [1.82, 2.24) is 4.98 Å². The molecule has 130 valence electrons. The van der Waals surface area contributed by atoms with Crippen LogP contribution in [0.5, 0.6) is 0 Å². The van der Waals surface area contributed by atoms with Gasteiger partial charge in [0.15, 0.2) is 0 Å². The molecule has 1 amide bonds. The van der Waals surface area contributed by atoms with Crippen molar-refractivity contribution in [3.05, 3.63) is 53.6 Å². The maximum Gasteiger partial charge on any atom is 0.228 e. The van der Waals surface area contributed by atoms with Crippen molar-refractivity contribution in [2.24, 2.45) is 5.92 Å². The van der Waals surface area contributed by atoms with Gasteiger partial charge in [-0.25, -0.2) is 8.42 Å². The number of rotatable bonds is 4. The molecule has 0 atom stereocenters. The molecule has 3 rings (SSSR count). The quantitative estimate of drug-likeness (QED) is 0.714. The lowest BCUT2D eigenvalue weighted by atomic mass is 10.2. The largest absolute Gasteiger partial charge is 0.340 e. The number of fused-ring (bicyclic) bond motifs is 1. The Bertz CT molecular complexity index is 1040. The predicted octanol–water partition coefficient (Wildman–Crippen LogP) is 4.25. The number of sulfone groups is 1. The number of hydrogen-bond acceptors (Lipinski definition) is 3. The Labute approximate surface area is 150 Å². The van der Waals surface area contributed by atoms with Crippen LogP contribution in [0.2, 0.25) is 5.02 Å². The first kappa shape index (κ1) is 17.5. The van der Waals surface area contributed by atoms with Crippen LogP contribution < -0.4 is 5.32 Å². The third-order valence-electron chi connectivity index (χ3n) is 3.81. The third-order valence-corrected chi connectivity index (χ3v) is 5.90. The number of aromatic amines is 1. The van der Waals surface area contributed by atoms with Crippen LogP contribution in [-0.4, -0.2) is 19.3 Å². The van der Waals surface area contributed by atoms with Gasteiger partial charge in [0.2, 0.25) is 15.7 Å². The average molecular weight is 377 g/mol. The number of H-pyrrole nitrogens is 1. The van der Waals surface area contributed by atoms with E-state index in [1.165, 1.54) is 12.1 Å². The van der Waals surface area contributed by atoms with Crippen molar-refractivity contribution in [3.63, 3.8) is 0 Å². The zero-order valence-corrected chi connectivity index (χ0v) is 15.3. The smallest absolute Gasteiger partial charge is 0.228 e. The maximum absolute atomic E-state index is 13.2. The van der Waals surface area contributed by atoms with Gasteiger partial charge in [0.1, 0.15) is 10.7 Å². The van der Waals surface area contributed by atoms with E-state index < -0.39 is 9.84 Å². The van der Waals surface area contributed by atoms with Gasteiger partial charge in [-0.3, -0.25) is 4.79 Å². The second kappa shape index (κ2) is 6.54. The van der Waals surface area contributed by atoms with Gasteiger partial charge in [0, 0.05) is 21.8 Å². The number of amides is 1. The lowest BCUT2D eigenvalue weighted by Crippen LogP contribution is -2.19. The molecule has 2 aromatic carbocycles. The number of benzene rings is 2. The second-order valence-corrected chi connectivity index (χ2v) is 8.30. The Morgan fingerprint density at radius 1 is 1.12 bits per heavy atom.